The number of benzene rings is 1. The van der Waals surface area contributed by atoms with Crippen LogP contribution in [0.15, 0.2) is 18.3 Å². The van der Waals surface area contributed by atoms with Crippen molar-refractivity contribution >= 4 is 28.7 Å². The summed E-state index contributed by atoms with van der Waals surface area (Å²) in [5.74, 6) is -3.45. The zero-order chi connectivity index (χ0) is 26.8. The maximum Gasteiger partial charge on any atom is 0.224 e. The van der Waals surface area contributed by atoms with Gasteiger partial charge in [-0.25, -0.2) is 23.1 Å². The summed E-state index contributed by atoms with van der Waals surface area (Å²) in [6, 6.07) is -0.423. The lowest BCUT2D eigenvalue weighted by Gasteiger charge is -2.26. The van der Waals surface area contributed by atoms with Crippen molar-refractivity contribution in [2.45, 2.75) is 50.2 Å². The van der Waals surface area contributed by atoms with E-state index < -0.39 is 60.8 Å². The van der Waals surface area contributed by atoms with Crippen LogP contribution in [0.3, 0.4) is 0 Å². The minimum Gasteiger partial charge on any atom is -0.393 e. The molecule has 0 spiro atoms. The average Bonchev–Trinajstić information content (AvgIpc) is 3.41. The van der Waals surface area contributed by atoms with Gasteiger partial charge in [0.2, 0.25) is 11.9 Å². The third-order valence-corrected chi connectivity index (χ3v) is 5.28. The van der Waals surface area contributed by atoms with Crippen molar-refractivity contribution in [3.8, 4) is 0 Å². The number of aliphatic hydroxyl groups is 1. The van der Waals surface area contributed by atoms with Gasteiger partial charge in [-0.3, -0.25) is 4.57 Å². The Bertz CT molecular complexity index is 1330. The highest BCUT2D eigenvalue weighted by molar-refractivity contribution is 5.76. The Morgan fingerprint density at radius 2 is 1.97 bits per heavy atom. The summed E-state index contributed by atoms with van der Waals surface area (Å²) in [4.78, 5) is 12.9. The van der Waals surface area contributed by atoms with E-state index in [-0.39, 0.29) is 35.7 Å². The third kappa shape index (κ3) is 4.09. The van der Waals surface area contributed by atoms with Gasteiger partial charge in [0, 0.05) is 30.3 Å². The van der Waals surface area contributed by atoms with Crippen LogP contribution in [-0.2, 0) is 4.74 Å². The second-order valence-corrected chi connectivity index (χ2v) is 7.50. The number of imidazole rings is 1. The minimum absolute atomic E-state index is 0.00459. The molecule has 3 N–H and O–H groups in total. The quantitative estimate of drug-likeness (QED) is 0.542. The molecule has 0 amide bonds. The van der Waals surface area contributed by atoms with Crippen LogP contribution in [-0.4, -0.2) is 50.0 Å². The molecule has 1 aromatic carbocycles. The standard InChI is InChI=1S/C21H23F3N6O2/c22-11-7-15(23)18(16(24)8-11)28-21-27-17-9-25-20(26-12-1-3-14(31)4-2-12)29-19(17)30(21)13-5-6-32-10-13/h7-9,12-14,31H,1-6,10H2,(H,27,28)(H,25,26,29)/i1D2,4D2,14D. The Morgan fingerprint density at radius 1 is 1.16 bits per heavy atom. The molecule has 3 unspecified atom stereocenters. The Labute approximate surface area is 188 Å². The fourth-order valence-electron chi connectivity index (χ4n) is 3.73. The molecule has 11 heteroatoms. The van der Waals surface area contributed by atoms with Crippen molar-refractivity contribution in [2.24, 2.45) is 0 Å². The van der Waals surface area contributed by atoms with Crippen LogP contribution in [0.5, 0.6) is 0 Å². The zero-order valence-corrected chi connectivity index (χ0v) is 16.7. The van der Waals surface area contributed by atoms with Crippen molar-refractivity contribution in [3.63, 3.8) is 0 Å². The summed E-state index contributed by atoms with van der Waals surface area (Å²) in [7, 11) is 0. The molecule has 1 saturated carbocycles. The van der Waals surface area contributed by atoms with E-state index >= 15 is 0 Å². The van der Waals surface area contributed by atoms with Crippen molar-refractivity contribution in [2.75, 3.05) is 23.8 Å². The molecule has 2 fully saturated rings. The minimum atomic E-state index is -2.61. The van der Waals surface area contributed by atoms with Crippen molar-refractivity contribution in [1.29, 1.82) is 0 Å². The molecule has 1 aliphatic heterocycles. The van der Waals surface area contributed by atoms with Crippen molar-refractivity contribution in [3.05, 3.63) is 35.8 Å². The number of nitrogens with zero attached hydrogens (tertiary/aromatic N) is 4. The fraction of sp³-hybridized carbons (Fsp3) is 0.476. The van der Waals surface area contributed by atoms with Crippen LogP contribution < -0.4 is 10.6 Å². The molecule has 2 aromatic heterocycles. The molecule has 32 heavy (non-hydrogen) atoms. The summed E-state index contributed by atoms with van der Waals surface area (Å²) >= 11 is 0. The Morgan fingerprint density at radius 3 is 2.72 bits per heavy atom. The van der Waals surface area contributed by atoms with E-state index in [2.05, 4.69) is 25.6 Å². The van der Waals surface area contributed by atoms with E-state index in [1.54, 1.807) is 4.57 Å². The van der Waals surface area contributed by atoms with Crippen LogP contribution in [0.2, 0.25) is 0 Å². The lowest BCUT2D eigenvalue weighted by Crippen LogP contribution is -2.29. The van der Waals surface area contributed by atoms with E-state index in [4.69, 9.17) is 11.6 Å². The Kier molecular flexibility index (Phi) is 4.22. The molecular weight excluding hydrogens is 425 g/mol. The maximum absolute atomic E-state index is 14.3. The van der Waals surface area contributed by atoms with Crippen LogP contribution in [0.1, 0.15) is 44.9 Å². The van der Waals surface area contributed by atoms with E-state index in [0.29, 0.717) is 25.2 Å². The second-order valence-electron chi connectivity index (χ2n) is 7.50. The lowest BCUT2D eigenvalue weighted by atomic mass is 9.93. The van der Waals surface area contributed by atoms with E-state index in [1.165, 1.54) is 6.20 Å². The number of fused-ring (bicyclic) bond motifs is 1. The molecular formula is C21H23F3N6O2. The molecule has 0 radical (unpaired) electrons. The number of anilines is 3. The van der Waals surface area contributed by atoms with E-state index in [9.17, 15) is 18.3 Å². The first-order chi connectivity index (χ1) is 17.3. The van der Waals surface area contributed by atoms with Gasteiger partial charge in [0.05, 0.1) is 26.3 Å². The number of aromatic nitrogens is 4. The van der Waals surface area contributed by atoms with Gasteiger partial charge in [-0.1, -0.05) is 0 Å². The molecule has 8 nitrogen and oxygen atoms in total. The second kappa shape index (κ2) is 8.55. The summed E-state index contributed by atoms with van der Waals surface area (Å²) in [5, 5.41) is 15.4. The molecule has 170 valence electrons. The van der Waals surface area contributed by atoms with Gasteiger partial charge < -0.3 is 20.5 Å². The lowest BCUT2D eigenvalue weighted by molar-refractivity contribution is 0.126. The van der Waals surface area contributed by atoms with Crippen molar-refractivity contribution < 1.29 is 29.9 Å². The van der Waals surface area contributed by atoms with Crippen LogP contribution in [0.4, 0.5) is 30.8 Å². The SMILES string of the molecule is [2H]C1([2H])CC([2H])(O)C([2H])([2H])CC1Nc1ncc2nc(Nc3c(F)cc(F)cc3F)n(C3CCOC3)c2n1. The largest absolute Gasteiger partial charge is 0.393 e. The van der Waals surface area contributed by atoms with Gasteiger partial charge in [0.15, 0.2) is 17.3 Å². The summed E-state index contributed by atoms with van der Waals surface area (Å²) in [6.07, 6.45) is -6.61. The van der Waals surface area contributed by atoms with Gasteiger partial charge in [-0.15, -0.1) is 0 Å². The van der Waals surface area contributed by atoms with Crippen LogP contribution in [0, 0.1) is 17.5 Å². The Hall–Kier alpha value is -2.92. The predicted octanol–water partition coefficient (Wildman–Crippen LogP) is 3.66. The number of ether oxygens (including phenoxy) is 1. The average molecular weight is 453 g/mol. The van der Waals surface area contributed by atoms with Gasteiger partial charge >= 0.3 is 0 Å². The van der Waals surface area contributed by atoms with E-state index in [0.717, 1.165) is 0 Å². The number of rotatable bonds is 5. The first-order valence-corrected chi connectivity index (χ1v) is 10.0. The smallest absolute Gasteiger partial charge is 0.224 e. The molecule has 1 saturated heterocycles. The monoisotopic (exact) mass is 453 g/mol. The first-order valence-electron chi connectivity index (χ1n) is 12.5. The van der Waals surface area contributed by atoms with Gasteiger partial charge in [0.1, 0.15) is 17.0 Å². The highest BCUT2D eigenvalue weighted by Gasteiger charge is 2.27. The maximum atomic E-state index is 14.3. The molecule has 2 aliphatic rings. The number of hydrogen-bond donors (Lipinski definition) is 3. The highest BCUT2D eigenvalue weighted by atomic mass is 19.1. The summed E-state index contributed by atoms with van der Waals surface area (Å²) in [5.41, 5.74) is -0.135. The van der Waals surface area contributed by atoms with E-state index in [1.807, 2.05) is 0 Å². The first kappa shape index (κ1) is 15.8. The highest BCUT2D eigenvalue weighted by Crippen LogP contribution is 2.32. The third-order valence-electron chi connectivity index (χ3n) is 5.28. The number of halogens is 3. The molecule has 3 atom stereocenters. The predicted molar refractivity (Wildman–Crippen MR) is 111 cm³/mol. The molecule has 3 heterocycles. The van der Waals surface area contributed by atoms with Gasteiger partial charge in [0.25, 0.3) is 0 Å². The number of nitrogens with one attached hydrogen (secondary N) is 2. The molecule has 1 aliphatic carbocycles. The Balaban J connectivity index is 1.52. The van der Waals surface area contributed by atoms with Crippen LogP contribution in [0.25, 0.3) is 11.2 Å². The van der Waals surface area contributed by atoms with Crippen molar-refractivity contribution in [1.82, 2.24) is 19.5 Å². The normalized spacial score (nSPS) is 31.3. The van der Waals surface area contributed by atoms with Gasteiger partial charge in [-0.2, -0.15) is 4.98 Å². The molecule has 0 bridgehead atoms. The molecule has 5 rings (SSSR count). The summed E-state index contributed by atoms with van der Waals surface area (Å²) in [6.45, 7) is 0.682. The topological polar surface area (TPSA) is 97.1 Å². The van der Waals surface area contributed by atoms with Gasteiger partial charge in [-0.05, 0) is 32.0 Å². The molecule has 3 aromatic rings. The number of hydrogen-bond acceptors (Lipinski definition) is 7. The summed E-state index contributed by atoms with van der Waals surface area (Å²) < 4.78 is 89.4. The van der Waals surface area contributed by atoms with Crippen LogP contribution >= 0.6 is 0 Å². The fourth-order valence-corrected chi connectivity index (χ4v) is 3.73. The zero-order valence-electron chi connectivity index (χ0n) is 21.7.